The summed E-state index contributed by atoms with van der Waals surface area (Å²) in [6.07, 6.45) is 1.24. The summed E-state index contributed by atoms with van der Waals surface area (Å²) in [5.74, 6) is -1.29. The predicted octanol–water partition coefficient (Wildman–Crippen LogP) is 4.86. The van der Waals surface area contributed by atoms with Gasteiger partial charge in [0.05, 0.1) is 10.5 Å². The first-order valence-electron chi connectivity index (χ1n) is 8.59. The molecule has 154 valence electrons. The number of hydrogen-bond donors (Lipinski definition) is 2. The van der Waals surface area contributed by atoms with Crippen molar-refractivity contribution in [3.8, 4) is 17.4 Å². The Morgan fingerprint density at radius 3 is 2.61 bits per heavy atom. The van der Waals surface area contributed by atoms with E-state index in [2.05, 4.69) is 21.2 Å². The number of halogens is 1. The number of carbonyl (C=O) groups is 2. The van der Waals surface area contributed by atoms with Crippen LogP contribution in [0.25, 0.3) is 17.4 Å². The molecular weight excluding hydrogens is 470 g/mol. The number of rotatable bonds is 6. The molecule has 3 aromatic rings. The van der Waals surface area contributed by atoms with Gasteiger partial charge in [0.2, 0.25) is 0 Å². The van der Waals surface area contributed by atoms with E-state index >= 15 is 0 Å². The van der Waals surface area contributed by atoms with Gasteiger partial charge in [-0.15, -0.1) is 0 Å². The highest BCUT2D eigenvalue weighted by molar-refractivity contribution is 9.10. The van der Waals surface area contributed by atoms with E-state index in [1.807, 2.05) is 0 Å². The molecule has 0 atom stereocenters. The molecule has 0 aliphatic carbocycles. The number of carboxylic acid groups (broad SMARTS) is 1. The zero-order valence-electron chi connectivity index (χ0n) is 15.5. The molecule has 0 bridgehead atoms. The molecular formula is C21H12BrN3O6. The van der Waals surface area contributed by atoms with Gasteiger partial charge >= 0.3 is 5.97 Å². The van der Waals surface area contributed by atoms with Crippen LogP contribution in [0.5, 0.6) is 0 Å². The number of aromatic carboxylic acids is 1. The Morgan fingerprint density at radius 1 is 1.19 bits per heavy atom. The standard InChI is InChI=1S/C21H12BrN3O6/c22-18-10-15(25(29)30)4-6-17(18)19-7-5-16(31-19)9-13(11-23)20(26)24-14-3-1-2-12(8-14)21(27)28/h1-10H,(H,24,26)(H,27,28)/b13-9+. The Hall–Kier alpha value is -4.23. The van der Waals surface area contributed by atoms with Crippen LogP contribution in [0.4, 0.5) is 11.4 Å². The second kappa shape index (κ2) is 9.06. The van der Waals surface area contributed by atoms with Gasteiger partial charge in [0, 0.05) is 33.9 Å². The summed E-state index contributed by atoms with van der Waals surface area (Å²) in [7, 11) is 0. The monoisotopic (exact) mass is 481 g/mol. The van der Waals surface area contributed by atoms with Crippen molar-refractivity contribution >= 4 is 45.3 Å². The van der Waals surface area contributed by atoms with Gasteiger partial charge in [-0.05, 0) is 52.3 Å². The highest BCUT2D eigenvalue weighted by atomic mass is 79.9. The number of amides is 1. The molecule has 2 N–H and O–H groups in total. The van der Waals surface area contributed by atoms with Crippen LogP contribution in [-0.4, -0.2) is 21.9 Å². The van der Waals surface area contributed by atoms with Gasteiger partial charge in [-0.2, -0.15) is 5.26 Å². The van der Waals surface area contributed by atoms with Gasteiger partial charge in [0.1, 0.15) is 23.2 Å². The van der Waals surface area contributed by atoms with E-state index in [1.54, 1.807) is 18.2 Å². The van der Waals surface area contributed by atoms with Crippen LogP contribution >= 0.6 is 15.9 Å². The van der Waals surface area contributed by atoms with Crippen molar-refractivity contribution in [2.45, 2.75) is 0 Å². The maximum Gasteiger partial charge on any atom is 0.335 e. The van der Waals surface area contributed by atoms with Gasteiger partial charge in [-0.3, -0.25) is 14.9 Å². The number of nitriles is 1. The summed E-state index contributed by atoms with van der Waals surface area (Å²) in [4.78, 5) is 33.8. The lowest BCUT2D eigenvalue weighted by Crippen LogP contribution is -2.13. The quantitative estimate of drug-likeness (QED) is 0.221. The van der Waals surface area contributed by atoms with E-state index < -0.39 is 16.8 Å². The van der Waals surface area contributed by atoms with Gasteiger partial charge in [0.25, 0.3) is 11.6 Å². The summed E-state index contributed by atoms with van der Waals surface area (Å²) in [6, 6.07) is 14.7. The molecule has 0 saturated carbocycles. The topological polar surface area (TPSA) is 146 Å². The molecule has 0 spiro atoms. The fraction of sp³-hybridized carbons (Fsp3) is 0. The summed E-state index contributed by atoms with van der Waals surface area (Å²) >= 11 is 3.26. The molecule has 0 aliphatic heterocycles. The minimum atomic E-state index is -1.15. The van der Waals surface area contributed by atoms with Crippen LogP contribution in [0.1, 0.15) is 16.1 Å². The van der Waals surface area contributed by atoms with E-state index in [4.69, 9.17) is 9.52 Å². The number of nitro groups is 1. The normalized spacial score (nSPS) is 10.9. The lowest BCUT2D eigenvalue weighted by Gasteiger charge is -2.05. The van der Waals surface area contributed by atoms with E-state index in [1.165, 1.54) is 48.5 Å². The van der Waals surface area contributed by atoms with E-state index in [-0.39, 0.29) is 28.3 Å². The number of carboxylic acids is 1. The largest absolute Gasteiger partial charge is 0.478 e. The average Bonchev–Trinajstić information content (AvgIpc) is 3.20. The molecule has 3 rings (SSSR count). The molecule has 0 aliphatic rings. The Balaban J connectivity index is 1.82. The Bertz CT molecular complexity index is 1270. The number of anilines is 1. The SMILES string of the molecule is N#C/C(=C\c1ccc(-c2ccc([N+](=O)[O-])cc2Br)o1)C(=O)Nc1cccc(C(=O)O)c1. The number of non-ortho nitro benzene ring substituents is 1. The fourth-order valence-electron chi connectivity index (χ4n) is 2.61. The van der Waals surface area contributed by atoms with Crippen molar-refractivity contribution in [1.82, 2.24) is 0 Å². The second-order valence-electron chi connectivity index (χ2n) is 6.13. The molecule has 0 radical (unpaired) electrons. The van der Waals surface area contributed by atoms with Crippen LogP contribution in [0, 0.1) is 21.4 Å². The smallest absolute Gasteiger partial charge is 0.335 e. The number of hydrogen-bond acceptors (Lipinski definition) is 6. The number of benzene rings is 2. The Kier molecular flexibility index (Phi) is 6.28. The molecule has 2 aromatic carbocycles. The molecule has 31 heavy (non-hydrogen) atoms. The predicted molar refractivity (Wildman–Crippen MR) is 114 cm³/mol. The van der Waals surface area contributed by atoms with Gasteiger partial charge in [0.15, 0.2) is 0 Å². The summed E-state index contributed by atoms with van der Waals surface area (Å²) < 4.78 is 6.10. The molecule has 1 aromatic heterocycles. The number of nitrogens with zero attached hydrogens (tertiary/aromatic N) is 2. The number of furan rings is 1. The van der Waals surface area contributed by atoms with Crippen molar-refractivity contribution in [2.75, 3.05) is 5.32 Å². The van der Waals surface area contributed by atoms with E-state index in [9.17, 15) is 25.0 Å². The summed E-state index contributed by atoms with van der Waals surface area (Å²) in [5.41, 5.74) is 0.423. The molecule has 1 heterocycles. The molecule has 0 unspecified atom stereocenters. The van der Waals surface area contributed by atoms with Gasteiger partial charge < -0.3 is 14.8 Å². The third-order valence-corrected chi connectivity index (χ3v) is 4.73. The number of carbonyl (C=O) groups excluding carboxylic acids is 1. The minimum Gasteiger partial charge on any atom is -0.478 e. The van der Waals surface area contributed by atoms with Crippen molar-refractivity contribution in [3.63, 3.8) is 0 Å². The Labute approximate surface area is 183 Å². The highest BCUT2D eigenvalue weighted by Crippen LogP contribution is 2.33. The number of nitrogens with one attached hydrogen (secondary N) is 1. The second-order valence-corrected chi connectivity index (χ2v) is 6.99. The first-order valence-corrected chi connectivity index (χ1v) is 9.38. The number of nitro benzene ring substituents is 1. The summed E-state index contributed by atoms with van der Waals surface area (Å²) in [5, 5.41) is 31.7. The molecule has 9 nitrogen and oxygen atoms in total. The van der Waals surface area contributed by atoms with Crippen LogP contribution in [-0.2, 0) is 4.79 Å². The highest BCUT2D eigenvalue weighted by Gasteiger charge is 2.15. The zero-order chi connectivity index (χ0) is 22.5. The van der Waals surface area contributed by atoms with Crippen LogP contribution in [0.15, 0.2) is 69.1 Å². The van der Waals surface area contributed by atoms with Crippen molar-refractivity contribution in [3.05, 3.63) is 86.1 Å². The summed E-state index contributed by atoms with van der Waals surface area (Å²) in [6.45, 7) is 0. The first kappa shape index (κ1) is 21.5. The zero-order valence-corrected chi connectivity index (χ0v) is 17.1. The third kappa shape index (κ3) is 5.04. The third-order valence-electron chi connectivity index (χ3n) is 4.07. The van der Waals surface area contributed by atoms with Gasteiger partial charge in [-0.1, -0.05) is 6.07 Å². The minimum absolute atomic E-state index is 0.00959. The van der Waals surface area contributed by atoms with Crippen molar-refractivity contribution < 1.29 is 24.0 Å². The lowest BCUT2D eigenvalue weighted by molar-refractivity contribution is -0.384. The van der Waals surface area contributed by atoms with Crippen LogP contribution in [0.3, 0.4) is 0 Å². The van der Waals surface area contributed by atoms with Gasteiger partial charge in [-0.25, -0.2) is 4.79 Å². The fourth-order valence-corrected chi connectivity index (χ4v) is 3.17. The molecule has 0 fully saturated rings. The first-order chi connectivity index (χ1) is 14.8. The van der Waals surface area contributed by atoms with E-state index in [0.717, 1.165) is 0 Å². The van der Waals surface area contributed by atoms with Crippen LogP contribution < -0.4 is 5.32 Å². The maximum atomic E-state index is 12.4. The lowest BCUT2D eigenvalue weighted by atomic mass is 10.1. The molecule has 10 heteroatoms. The van der Waals surface area contributed by atoms with Crippen LogP contribution in [0.2, 0.25) is 0 Å². The Morgan fingerprint density at radius 2 is 1.97 bits per heavy atom. The average molecular weight is 482 g/mol. The maximum absolute atomic E-state index is 12.4. The van der Waals surface area contributed by atoms with Crippen molar-refractivity contribution in [2.24, 2.45) is 0 Å². The molecule has 0 saturated heterocycles. The van der Waals surface area contributed by atoms with Crippen molar-refractivity contribution in [1.29, 1.82) is 5.26 Å². The van der Waals surface area contributed by atoms with E-state index in [0.29, 0.717) is 15.8 Å². The molecule has 1 amide bonds.